The molecule has 0 saturated carbocycles. The molecule has 0 aromatic rings. The third-order valence-corrected chi connectivity index (χ3v) is 2.76. The molecule has 1 amide bonds. The average Bonchev–Trinajstić information content (AvgIpc) is 2.23. The smallest absolute Gasteiger partial charge is 0.303 e. The third-order valence-electron chi connectivity index (χ3n) is 2.76. The molecular formula is C14H28N2O3. The van der Waals surface area contributed by atoms with Crippen LogP contribution in [0.5, 0.6) is 0 Å². The van der Waals surface area contributed by atoms with Gasteiger partial charge in [0, 0.05) is 32.0 Å². The van der Waals surface area contributed by atoms with E-state index in [1.165, 1.54) is 0 Å². The lowest BCUT2D eigenvalue weighted by Crippen LogP contribution is -2.34. The topological polar surface area (TPSA) is 78.4 Å². The molecule has 0 rings (SSSR count). The van der Waals surface area contributed by atoms with Gasteiger partial charge >= 0.3 is 5.97 Å². The minimum Gasteiger partial charge on any atom is -0.481 e. The molecule has 1 atom stereocenters. The van der Waals surface area contributed by atoms with E-state index in [4.69, 9.17) is 5.11 Å². The van der Waals surface area contributed by atoms with Crippen molar-refractivity contribution in [3.8, 4) is 0 Å². The normalized spacial score (nSPS) is 12.7. The molecule has 0 fully saturated rings. The number of carbonyl (C=O) groups excluding carboxylic acids is 1. The summed E-state index contributed by atoms with van der Waals surface area (Å²) in [4.78, 5) is 22.4. The summed E-state index contributed by atoms with van der Waals surface area (Å²) in [5.74, 6) is -0.378. The fourth-order valence-corrected chi connectivity index (χ4v) is 1.97. The molecule has 19 heavy (non-hydrogen) atoms. The van der Waals surface area contributed by atoms with Gasteiger partial charge in [-0.25, -0.2) is 0 Å². The molecular weight excluding hydrogens is 244 g/mol. The molecule has 0 aliphatic heterocycles. The van der Waals surface area contributed by atoms with Crippen molar-refractivity contribution in [2.24, 2.45) is 11.8 Å². The van der Waals surface area contributed by atoms with Crippen LogP contribution in [0.2, 0.25) is 0 Å². The van der Waals surface area contributed by atoms with Crippen LogP contribution >= 0.6 is 0 Å². The number of carboxylic acid groups (broad SMARTS) is 1. The van der Waals surface area contributed by atoms with Gasteiger partial charge in [-0.15, -0.1) is 0 Å². The monoisotopic (exact) mass is 272 g/mol. The van der Waals surface area contributed by atoms with Gasteiger partial charge in [-0.05, 0) is 18.3 Å². The predicted molar refractivity (Wildman–Crippen MR) is 76.0 cm³/mol. The summed E-state index contributed by atoms with van der Waals surface area (Å²) in [7, 11) is 0. The Bertz CT molecular complexity index is 278. The molecule has 0 aliphatic rings. The third kappa shape index (κ3) is 11.7. The second-order valence-electron chi connectivity index (χ2n) is 5.76. The Morgan fingerprint density at radius 1 is 1.16 bits per heavy atom. The number of hydrogen-bond donors (Lipinski definition) is 3. The molecule has 0 bridgehead atoms. The first-order valence-electron chi connectivity index (χ1n) is 7.03. The van der Waals surface area contributed by atoms with E-state index in [2.05, 4.69) is 24.5 Å². The summed E-state index contributed by atoms with van der Waals surface area (Å²) < 4.78 is 0. The maximum Gasteiger partial charge on any atom is 0.303 e. The van der Waals surface area contributed by atoms with Crippen molar-refractivity contribution in [2.75, 3.05) is 13.1 Å². The van der Waals surface area contributed by atoms with Crippen molar-refractivity contribution in [2.45, 2.75) is 53.0 Å². The molecule has 5 nitrogen and oxygen atoms in total. The molecule has 1 unspecified atom stereocenters. The van der Waals surface area contributed by atoms with Gasteiger partial charge in [0.05, 0.1) is 0 Å². The zero-order chi connectivity index (χ0) is 14.8. The van der Waals surface area contributed by atoms with Crippen LogP contribution in [-0.2, 0) is 9.59 Å². The second-order valence-corrected chi connectivity index (χ2v) is 5.76. The van der Waals surface area contributed by atoms with Crippen LogP contribution in [0.4, 0.5) is 0 Å². The quantitative estimate of drug-likeness (QED) is 0.565. The summed E-state index contributed by atoms with van der Waals surface area (Å²) in [6.07, 6.45) is 1.36. The van der Waals surface area contributed by atoms with Gasteiger partial charge in [-0.2, -0.15) is 0 Å². The maximum absolute atomic E-state index is 11.6. The molecule has 3 N–H and O–H groups in total. The molecule has 0 aromatic carbocycles. The fourth-order valence-electron chi connectivity index (χ4n) is 1.97. The van der Waals surface area contributed by atoms with E-state index >= 15 is 0 Å². The summed E-state index contributed by atoms with van der Waals surface area (Å²) in [6, 6.07) is 0.369. The van der Waals surface area contributed by atoms with Crippen LogP contribution < -0.4 is 10.6 Å². The van der Waals surface area contributed by atoms with Crippen LogP contribution in [0.3, 0.4) is 0 Å². The van der Waals surface area contributed by atoms with Gasteiger partial charge in [0.2, 0.25) is 5.91 Å². The van der Waals surface area contributed by atoms with Gasteiger partial charge in [0.15, 0.2) is 0 Å². The van der Waals surface area contributed by atoms with Gasteiger partial charge in [-0.3, -0.25) is 9.59 Å². The largest absolute Gasteiger partial charge is 0.481 e. The van der Waals surface area contributed by atoms with E-state index in [0.29, 0.717) is 31.5 Å². The van der Waals surface area contributed by atoms with E-state index in [-0.39, 0.29) is 18.2 Å². The van der Waals surface area contributed by atoms with Crippen molar-refractivity contribution in [3.63, 3.8) is 0 Å². The fraction of sp³-hybridized carbons (Fsp3) is 0.857. The molecule has 0 spiro atoms. The van der Waals surface area contributed by atoms with Crippen LogP contribution in [0.25, 0.3) is 0 Å². The minimum absolute atomic E-state index is 0.0134. The summed E-state index contributed by atoms with van der Waals surface area (Å²) in [5, 5.41) is 14.8. The Morgan fingerprint density at radius 2 is 1.79 bits per heavy atom. The van der Waals surface area contributed by atoms with Crippen molar-refractivity contribution >= 4 is 11.9 Å². The van der Waals surface area contributed by atoms with Gasteiger partial charge in [0.25, 0.3) is 0 Å². The molecule has 0 saturated heterocycles. The van der Waals surface area contributed by atoms with E-state index in [0.717, 1.165) is 6.42 Å². The second kappa shape index (κ2) is 9.78. The van der Waals surface area contributed by atoms with Gasteiger partial charge in [-0.1, -0.05) is 27.7 Å². The Labute approximate surface area is 116 Å². The first-order valence-corrected chi connectivity index (χ1v) is 7.03. The maximum atomic E-state index is 11.6. The van der Waals surface area contributed by atoms with E-state index in [1.54, 1.807) is 0 Å². The van der Waals surface area contributed by atoms with Crippen LogP contribution in [0.15, 0.2) is 0 Å². The lowest BCUT2D eigenvalue weighted by atomic mass is 9.94. The summed E-state index contributed by atoms with van der Waals surface area (Å²) >= 11 is 0. The molecule has 0 radical (unpaired) electrons. The first-order chi connectivity index (χ1) is 8.81. The molecule has 0 aromatic heterocycles. The number of aliphatic carboxylic acids is 1. The Kier molecular flexibility index (Phi) is 9.21. The highest BCUT2D eigenvalue weighted by Gasteiger charge is 2.15. The number of carbonyl (C=O) groups is 2. The van der Waals surface area contributed by atoms with Crippen molar-refractivity contribution < 1.29 is 14.7 Å². The van der Waals surface area contributed by atoms with E-state index in [9.17, 15) is 9.59 Å². The molecule has 5 heteroatoms. The summed E-state index contributed by atoms with van der Waals surface area (Å²) in [5.41, 5.74) is 0. The number of carboxylic acids is 1. The first kappa shape index (κ1) is 17.9. The highest BCUT2D eigenvalue weighted by molar-refractivity contribution is 5.76. The molecule has 112 valence electrons. The van der Waals surface area contributed by atoms with Gasteiger partial charge < -0.3 is 15.7 Å². The zero-order valence-corrected chi connectivity index (χ0v) is 12.5. The van der Waals surface area contributed by atoms with Crippen LogP contribution in [0, 0.1) is 11.8 Å². The van der Waals surface area contributed by atoms with Crippen LogP contribution in [0.1, 0.15) is 47.0 Å². The number of rotatable bonds is 10. The highest BCUT2D eigenvalue weighted by atomic mass is 16.4. The highest BCUT2D eigenvalue weighted by Crippen LogP contribution is 2.14. The Morgan fingerprint density at radius 3 is 2.26 bits per heavy atom. The predicted octanol–water partition coefficient (Wildman–Crippen LogP) is 1.63. The van der Waals surface area contributed by atoms with Crippen molar-refractivity contribution in [3.05, 3.63) is 0 Å². The van der Waals surface area contributed by atoms with Gasteiger partial charge in [0.1, 0.15) is 0 Å². The van der Waals surface area contributed by atoms with Crippen molar-refractivity contribution in [1.29, 1.82) is 0 Å². The molecule has 0 aliphatic carbocycles. The number of nitrogens with one attached hydrogen (secondary N) is 2. The average molecular weight is 272 g/mol. The minimum atomic E-state index is -0.804. The Hall–Kier alpha value is -1.10. The molecule has 0 heterocycles. The zero-order valence-electron chi connectivity index (χ0n) is 12.5. The number of amides is 1. The standard InChI is InChI=1S/C14H28N2O3/c1-10(2)7-12(8-14(18)19)9-16-13(17)5-6-15-11(3)4/h10-12,15H,5-9H2,1-4H3,(H,16,17)(H,18,19). The van der Waals surface area contributed by atoms with E-state index < -0.39 is 5.97 Å². The lowest BCUT2D eigenvalue weighted by molar-refractivity contribution is -0.138. The summed E-state index contributed by atoms with van der Waals surface area (Å²) in [6.45, 7) is 9.28. The SMILES string of the molecule is CC(C)CC(CNC(=O)CCNC(C)C)CC(=O)O. The van der Waals surface area contributed by atoms with Crippen molar-refractivity contribution in [1.82, 2.24) is 10.6 Å². The number of hydrogen-bond acceptors (Lipinski definition) is 3. The van der Waals surface area contributed by atoms with E-state index in [1.807, 2.05) is 13.8 Å². The van der Waals surface area contributed by atoms with Crippen LogP contribution in [-0.4, -0.2) is 36.1 Å². The Balaban J connectivity index is 3.95. The lowest BCUT2D eigenvalue weighted by Gasteiger charge is -2.18.